The van der Waals surface area contributed by atoms with Gasteiger partial charge in [-0.05, 0) is 42.5 Å². The Hall–Kier alpha value is -3.84. The number of allylic oxidation sites excluding steroid dienone is 1. The second-order valence-electron chi connectivity index (χ2n) is 4.82. The molecule has 0 saturated carbocycles. The molecule has 0 aliphatic rings. The molecule has 0 spiro atoms. The molecule has 1 N–H and O–H groups in total. The van der Waals surface area contributed by atoms with Gasteiger partial charge in [0.15, 0.2) is 0 Å². The molecule has 7 heteroatoms. The van der Waals surface area contributed by atoms with Crippen LogP contribution < -0.4 is 10.1 Å². The van der Waals surface area contributed by atoms with Gasteiger partial charge in [-0.1, -0.05) is 0 Å². The first-order valence-electron chi connectivity index (χ1n) is 7.02. The maximum atomic E-state index is 8.73. The third-order valence-electron chi connectivity index (χ3n) is 3.31. The molecule has 24 heavy (non-hydrogen) atoms. The Morgan fingerprint density at radius 3 is 2.46 bits per heavy atom. The topological polar surface area (TPSA) is 99.5 Å². The van der Waals surface area contributed by atoms with E-state index in [9.17, 15) is 0 Å². The van der Waals surface area contributed by atoms with Gasteiger partial charge in [-0.2, -0.15) is 15.3 Å². The molecule has 0 aliphatic heterocycles. The normalized spacial score (nSPS) is 9.79. The fourth-order valence-corrected chi connectivity index (χ4v) is 2.08. The third kappa shape index (κ3) is 3.01. The zero-order valence-electron chi connectivity index (χ0n) is 12.8. The van der Waals surface area contributed by atoms with Crippen molar-refractivity contribution in [1.29, 1.82) is 10.5 Å². The van der Waals surface area contributed by atoms with Gasteiger partial charge >= 0.3 is 0 Å². The summed E-state index contributed by atoms with van der Waals surface area (Å²) in [6.07, 6.45) is 1.36. The summed E-state index contributed by atoms with van der Waals surface area (Å²) in [6, 6.07) is 16.4. The van der Waals surface area contributed by atoms with E-state index in [1.54, 1.807) is 36.2 Å². The predicted octanol–water partition coefficient (Wildman–Crippen LogP) is 2.77. The van der Waals surface area contributed by atoms with Crippen LogP contribution in [0.15, 0.2) is 54.2 Å². The molecule has 3 rings (SSSR count). The number of aromatic nitrogens is 3. The van der Waals surface area contributed by atoms with Crippen LogP contribution in [0.3, 0.4) is 0 Å². The summed E-state index contributed by atoms with van der Waals surface area (Å²) in [5, 5.41) is 29.2. The fourth-order valence-electron chi connectivity index (χ4n) is 2.08. The van der Waals surface area contributed by atoms with Crippen LogP contribution >= 0.6 is 0 Å². The lowest BCUT2D eigenvalue weighted by Crippen LogP contribution is -1.98. The number of nitriles is 2. The van der Waals surface area contributed by atoms with Crippen molar-refractivity contribution >= 4 is 16.7 Å². The lowest BCUT2D eigenvalue weighted by molar-refractivity contribution is 0.414. The average molecular weight is 316 g/mol. The summed E-state index contributed by atoms with van der Waals surface area (Å²) in [7, 11) is 1.61. The first-order valence-corrected chi connectivity index (χ1v) is 7.02. The van der Waals surface area contributed by atoms with Gasteiger partial charge < -0.3 is 10.1 Å². The molecule has 0 amide bonds. The molecule has 0 aliphatic carbocycles. The first-order chi connectivity index (χ1) is 11.7. The molecule has 116 valence electrons. The van der Waals surface area contributed by atoms with Gasteiger partial charge in [0.05, 0.1) is 12.8 Å². The molecule has 2 aromatic carbocycles. The molecule has 0 atom stereocenters. The Morgan fingerprint density at radius 1 is 1.08 bits per heavy atom. The first kappa shape index (κ1) is 15.1. The van der Waals surface area contributed by atoms with Crippen molar-refractivity contribution in [2.24, 2.45) is 0 Å². The molecule has 0 bridgehead atoms. The summed E-state index contributed by atoms with van der Waals surface area (Å²) >= 11 is 0. The van der Waals surface area contributed by atoms with Gasteiger partial charge in [-0.25, -0.2) is 0 Å². The van der Waals surface area contributed by atoms with Gasteiger partial charge in [0.25, 0.3) is 0 Å². The maximum Gasteiger partial charge on any atom is 0.145 e. The number of nitrogens with one attached hydrogen (secondary N) is 1. The largest absolute Gasteiger partial charge is 0.497 e. The van der Waals surface area contributed by atoms with Crippen LogP contribution in [0.4, 0.5) is 5.69 Å². The lowest BCUT2D eigenvalue weighted by Gasteiger charge is -2.01. The number of nitrogens with zero attached hydrogens (tertiary/aromatic N) is 5. The molecular weight excluding hydrogens is 304 g/mol. The average Bonchev–Trinajstić information content (AvgIpc) is 3.06. The Bertz CT molecular complexity index is 973. The van der Waals surface area contributed by atoms with Crippen molar-refractivity contribution in [2.45, 2.75) is 0 Å². The van der Waals surface area contributed by atoms with E-state index < -0.39 is 0 Å². The maximum absolute atomic E-state index is 8.73. The number of ether oxygens (including phenoxy) is 1. The zero-order chi connectivity index (χ0) is 16.9. The number of methoxy groups -OCH3 is 1. The van der Waals surface area contributed by atoms with Gasteiger partial charge in [0, 0.05) is 11.9 Å². The summed E-state index contributed by atoms with van der Waals surface area (Å²) in [4.78, 5) is 1.54. The number of fused-ring (bicyclic) bond motifs is 1. The molecule has 7 nitrogen and oxygen atoms in total. The van der Waals surface area contributed by atoms with Crippen LogP contribution in [0.1, 0.15) is 0 Å². The molecule has 1 aromatic heterocycles. The quantitative estimate of drug-likeness (QED) is 0.743. The Morgan fingerprint density at radius 2 is 1.79 bits per heavy atom. The SMILES string of the molecule is COc1ccc(-n2nc3ccc(NC=C(C#N)C#N)cc3n2)cc1. The van der Waals surface area contributed by atoms with Crippen molar-refractivity contribution in [1.82, 2.24) is 15.0 Å². The van der Waals surface area contributed by atoms with E-state index in [1.165, 1.54) is 6.20 Å². The van der Waals surface area contributed by atoms with Crippen LogP contribution in [0.5, 0.6) is 5.75 Å². The number of anilines is 1. The van der Waals surface area contributed by atoms with E-state index in [-0.39, 0.29) is 5.57 Å². The van der Waals surface area contributed by atoms with Gasteiger partial charge in [-0.3, -0.25) is 0 Å². The Labute approximate surface area is 138 Å². The van der Waals surface area contributed by atoms with Crippen LogP contribution in [-0.4, -0.2) is 22.1 Å². The van der Waals surface area contributed by atoms with E-state index >= 15 is 0 Å². The molecule has 3 aromatic rings. The van der Waals surface area contributed by atoms with Crippen molar-refractivity contribution < 1.29 is 4.74 Å². The lowest BCUT2D eigenvalue weighted by atomic mass is 10.2. The summed E-state index contributed by atoms with van der Waals surface area (Å²) in [6.45, 7) is 0. The van der Waals surface area contributed by atoms with Crippen LogP contribution in [0.25, 0.3) is 16.7 Å². The Balaban J connectivity index is 1.90. The summed E-state index contributed by atoms with van der Waals surface area (Å²) in [5.74, 6) is 0.763. The van der Waals surface area contributed by atoms with Crippen molar-refractivity contribution in [3.63, 3.8) is 0 Å². The van der Waals surface area contributed by atoms with Crippen molar-refractivity contribution in [3.05, 3.63) is 54.2 Å². The van der Waals surface area contributed by atoms with E-state index in [2.05, 4.69) is 15.5 Å². The van der Waals surface area contributed by atoms with E-state index in [4.69, 9.17) is 15.3 Å². The van der Waals surface area contributed by atoms with Crippen LogP contribution in [0.2, 0.25) is 0 Å². The highest BCUT2D eigenvalue weighted by molar-refractivity contribution is 5.78. The van der Waals surface area contributed by atoms with Gasteiger partial charge in [0.2, 0.25) is 0 Å². The second-order valence-corrected chi connectivity index (χ2v) is 4.82. The molecule has 0 radical (unpaired) electrons. The highest BCUT2D eigenvalue weighted by atomic mass is 16.5. The standard InChI is InChI=1S/C17H12N6O/c1-24-15-5-3-14(4-6-15)23-21-16-7-2-13(8-17(16)22-23)20-11-12(9-18)10-19/h2-8,11,20H,1H3. The monoisotopic (exact) mass is 316 g/mol. The Kier molecular flexibility index (Phi) is 4.09. The molecule has 0 fully saturated rings. The van der Waals surface area contributed by atoms with E-state index in [1.807, 2.05) is 30.3 Å². The number of benzene rings is 2. The van der Waals surface area contributed by atoms with Gasteiger partial charge in [-0.15, -0.1) is 10.2 Å². The second kappa shape index (κ2) is 6.51. The molecule has 0 unspecified atom stereocenters. The number of rotatable bonds is 4. The smallest absolute Gasteiger partial charge is 0.145 e. The van der Waals surface area contributed by atoms with E-state index in [0.717, 1.165) is 17.0 Å². The molecular formula is C17H12N6O. The summed E-state index contributed by atoms with van der Waals surface area (Å²) < 4.78 is 5.13. The molecule has 0 saturated heterocycles. The van der Waals surface area contributed by atoms with Crippen LogP contribution in [0, 0.1) is 22.7 Å². The minimum Gasteiger partial charge on any atom is -0.497 e. The zero-order valence-corrected chi connectivity index (χ0v) is 12.8. The highest BCUT2D eigenvalue weighted by Gasteiger charge is 2.06. The molecule has 1 heterocycles. The predicted molar refractivity (Wildman–Crippen MR) is 88.3 cm³/mol. The van der Waals surface area contributed by atoms with Crippen LogP contribution in [-0.2, 0) is 0 Å². The number of hydrogen-bond acceptors (Lipinski definition) is 6. The minimum absolute atomic E-state index is 0.00279. The third-order valence-corrected chi connectivity index (χ3v) is 3.31. The highest BCUT2D eigenvalue weighted by Crippen LogP contribution is 2.19. The van der Waals surface area contributed by atoms with E-state index in [0.29, 0.717) is 11.2 Å². The summed E-state index contributed by atoms with van der Waals surface area (Å²) in [5.41, 5.74) is 2.96. The number of hydrogen-bond donors (Lipinski definition) is 1. The van der Waals surface area contributed by atoms with Gasteiger partial charge in [0.1, 0.15) is 34.5 Å². The fraction of sp³-hybridized carbons (Fsp3) is 0.0588. The van der Waals surface area contributed by atoms with Crippen molar-refractivity contribution in [2.75, 3.05) is 12.4 Å². The van der Waals surface area contributed by atoms with Crippen molar-refractivity contribution in [3.8, 4) is 23.6 Å². The minimum atomic E-state index is -0.00279.